The maximum Gasteiger partial charge on any atom is 0.126 e. The number of rotatable bonds is 6. The fourth-order valence-electron chi connectivity index (χ4n) is 1.90. The number of hydrogen-bond acceptors (Lipinski definition) is 3. The third-order valence-electron chi connectivity index (χ3n) is 2.97. The van der Waals surface area contributed by atoms with E-state index in [1.807, 2.05) is 43.3 Å². The molecule has 0 bridgehead atoms. The van der Waals surface area contributed by atoms with E-state index in [-0.39, 0.29) is 6.04 Å². The largest absolute Gasteiger partial charge is 0.501 e. The first kappa shape index (κ1) is 14.1. The molecule has 1 aromatic carbocycles. The molecule has 0 aliphatic heterocycles. The first-order valence-corrected chi connectivity index (χ1v) is 6.85. The minimum atomic E-state index is 0.217. The minimum Gasteiger partial charge on any atom is -0.501 e. The van der Waals surface area contributed by atoms with E-state index >= 15 is 0 Å². The van der Waals surface area contributed by atoms with Gasteiger partial charge in [-0.05, 0) is 43.2 Å². The molecule has 0 amide bonds. The van der Waals surface area contributed by atoms with Crippen LogP contribution < -0.4 is 5.32 Å². The summed E-state index contributed by atoms with van der Waals surface area (Å²) in [6, 6.07) is 14.5. The first-order valence-electron chi connectivity index (χ1n) is 6.85. The number of benzene rings is 1. The second-order valence-electron chi connectivity index (χ2n) is 4.51. The fraction of sp³-hybridized carbons (Fsp3) is 0.235. The molecule has 2 aromatic rings. The highest BCUT2D eigenvalue weighted by molar-refractivity contribution is 5.53. The van der Waals surface area contributed by atoms with Crippen LogP contribution >= 0.6 is 0 Å². The molecule has 0 spiro atoms. The molecular formula is C17H20N2O. The molecule has 0 aliphatic rings. The minimum absolute atomic E-state index is 0.217. The molecule has 1 heterocycles. The Balaban J connectivity index is 2.04. The predicted octanol–water partition coefficient (Wildman–Crippen LogP) is 4.26. The van der Waals surface area contributed by atoms with Crippen molar-refractivity contribution < 1.29 is 4.74 Å². The van der Waals surface area contributed by atoms with Crippen molar-refractivity contribution in [3.05, 3.63) is 66.1 Å². The van der Waals surface area contributed by atoms with Gasteiger partial charge in [-0.25, -0.2) is 4.98 Å². The number of anilines is 1. The molecular weight excluding hydrogens is 248 g/mol. The highest BCUT2D eigenvalue weighted by Gasteiger charge is 2.05. The van der Waals surface area contributed by atoms with E-state index in [4.69, 9.17) is 4.74 Å². The number of ether oxygens (including phenoxy) is 1. The zero-order valence-corrected chi connectivity index (χ0v) is 11.9. The normalized spacial score (nSPS) is 12.3. The van der Waals surface area contributed by atoms with E-state index in [9.17, 15) is 0 Å². The summed E-state index contributed by atoms with van der Waals surface area (Å²) in [7, 11) is 0. The van der Waals surface area contributed by atoms with Gasteiger partial charge in [0.05, 0.1) is 12.9 Å². The van der Waals surface area contributed by atoms with E-state index in [0.717, 1.165) is 11.4 Å². The molecule has 20 heavy (non-hydrogen) atoms. The lowest BCUT2D eigenvalue weighted by Gasteiger charge is -2.15. The molecule has 0 unspecified atom stereocenters. The second-order valence-corrected chi connectivity index (χ2v) is 4.51. The molecule has 104 valence electrons. The van der Waals surface area contributed by atoms with Gasteiger partial charge in [0.2, 0.25) is 0 Å². The van der Waals surface area contributed by atoms with Crippen LogP contribution in [0, 0.1) is 0 Å². The van der Waals surface area contributed by atoms with E-state index in [1.54, 1.807) is 12.5 Å². The number of pyridine rings is 1. The van der Waals surface area contributed by atoms with Gasteiger partial charge in [-0.15, -0.1) is 0 Å². The summed E-state index contributed by atoms with van der Waals surface area (Å²) >= 11 is 0. The number of aromatic nitrogens is 1. The number of nitrogens with one attached hydrogen (secondary N) is 1. The van der Waals surface area contributed by atoms with Crippen molar-refractivity contribution in [2.24, 2.45) is 0 Å². The quantitative estimate of drug-likeness (QED) is 0.795. The Kier molecular flexibility index (Phi) is 5.18. The SMILES string of the molecule is CCO/C=C/c1ccnc(N[C@@H](C)c2ccccc2)c1. The maximum atomic E-state index is 5.21. The molecule has 1 aromatic heterocycles. The van der Waals surface area contributed by atoms with Gasteiger partial charge in [-0.3, -0.25) is 0 Å². The zero-order chi connectivity index (χ0) is 14.2. The Morgan fingerprint density at radius 2 is 2.05 bits per heavy atom. The number of hydrogen-bond donors (Lipinski definition) is 1. The molecule has 1 atom stereocenters. The number of nitrogens with zero attached hydrogens (tertiary/aromatic N) is 1. The van der Waals surface area contributed by atoms with Crippen LogP contribution in [0.15, 0.2) is 54.9 Å². The van der Waals surface area contributed by atoms with Crippen molar-refractivity contribution >= 4 is 11.9 Å². The predicted molar refractivity (Wildman–Crippen MR) is 83.4 cm³/mol. The van der Waals surface area contributed by atoms with Crippen molar-refractivity contribution in [1.29, 1.82) is 0 Å². The summed E-state index contributed by atoms with van der Waals surface area (Å²) in [6.07, 6.45) is 5.44. The highest BCUT2D eigenvalue weighted by Crippen LogP contribution is 2.18. The molecule has 1 N–H and O–H groups in total. The van der Waals surface area contributed by atoms with E-state index in [1.165, 1.54) is 5.56 Å². The molecule has 0 fully saturated rings. The molecule has 2 rings (SSSR count). The van der Waals surface area contributed by atoms with Gasteiger partial charge in [-0.1, -0.05) is 30.3 Å². The van der Waals surface area contributed by atoms with Crippen LogP contribution in [0.5, 0.6) is 0 Å². The average molecular weight is 268 g/mol. The lowest BCUT2D eigenvalue weighted by atomic mass is 10.1. The molecule has 3 heteroatoms. The van der Waals surface area contributed by atoms with Crippen LogP contribution in [-0.2, 0) is 4.74 Å². The molecule has 0 aliphatic carbocycles. The summed E-state index contributed by atoms with van der Waals surface area (Å²) in [5.41, 5.74) is 2.31. The Hall–Kier alpha value is -2.29. The van der Waals surface area contributed by atoms with Crippen molar-refractivity contribution in [1.82, 2.24) is 4.98 Å². The molecule has 0 radical (unpaired) electrons. The van der Waals surface area contributed by atoms with Gasteiger partial charge in [0, 0.05) is 12.2 Å². The fourth-order valence-corrected chi connectivity index (χ4v) is 1.90. The van der Waals surface area contributed by atoms with Crippen LogP contribution in [-0.4, -0.2) is 11.6 Å². The van der Waals surface area contributed by atoms with E-state index in [0.29, 0.717) is 6.61 Å². The summed E-state index contributed by atoms with van der Waals surface area (Å²) in [4.78, 5) is 4.35. The summed E-state index contributed by atoms with van der Waals surface area (Å²) < 4.78 is 5.21. The van der Waals surface area contributed by atoms with Gasteiger partial charge in [0.25, 0.3) is 0 Å². The lowest BCUT2D eigenvalue weighted by molar-refractivity contribution is 0.272. The molecule has 0 saturated carbocycles. The van der Waals surface area contributed by atoms with Crippen LogP contribution in [0.1, 0.15) is 31.0 Å². The summed E-state index contributed by atoms with van der Waals surface area (Å²) in [5, 5.41) is 3.40. The maximum absolute atomic E-state index is 5.21. The van der Waals surface area contributed by atoms with Crippen molar-refractivity contribution in [2.45, 2.75) is 19.9 Å². The van der Waals surface area contributed by atoms with Crippen molar-refractivity contribution in [2.75, 3.05) is 11.9 Å². The molecule has 0 saturated heterocycles. The zero-order valence-electron chi connectivity index (χ0n) is 11.9. The molecule has 3 nitrogen and oxygen atoms in total. The Morgan fingerprint density at radius 1 is 1.25 bits per heavy atom. The second kappa shape index (κ2) is 7.34. The Morgan fingerprint density at radius 3 is 2.80 bits per heavy atom. The highest BCUT2D eigenvalue weighted by atomic mass is 16.5. The van der Waals surface area contributed by atoms with E-state index in [2.05, 4.69) is 29.4 Å². The van der Waals surface area contributed by atoms with Gasteiger partial charge in [0.1, 0.15) is 5.82 Å². The van der Waals surface area contributed by atoms with Gasteiger partial charge in [-0.2, -0.15) is 0 Å². The van der Waals surface area contributed by atoms with Crippen LogP contribution in [0.25, 0.3) is 6.08 Å². The topological polar surface area (TPSA) is 34.1 Å². The average Bonchev–Trinajstić information content (AvgIpc) is 2.49. The Labute approximate surface area is 120 Å². The third-order valence-corrected chi connectivity index (χ3v) is 2.97. The van der Waals surface area contributed by atoms with Crippen LogP contribution in [0.2, 0.25) is 0 Å². The third kappa shape index (κ3) is 4.12. The standard InChI is InChI=1S/C17H20N2O/c1-3-20-12-10-15-9-11-18-17(13-15)19-14(2)16-7-5-4-6-8-16/h4-14H,3H2,1-2H3,(H,18,19)/b12-10+/t14-/m0/s1. The Bertz CT molecular complexity index is 552. The summed E-state index contributed by atoms with van der Waals surface area (Å²) in [6.45, 7) is 4.77. The first-order chi connectivity index (χ1) is 9.79. The van der Waals surface area contributed by atoms with E-state index < -0.39 is 0 Å². The lowest BCUT2D eigenvalue weighted by Crippen LogP contribution is -2.07. The summed E-state index contributed by atoms with van der Waals surface area (Å²) in [5.74, 6) is 0.861. The van der Waals surface area contributed by atoms with Gasteiger partial charge in [0.15, 0.2) is 0 Å². The monoisotopic (exact) mass is 268 g/mol. The van der Waals surface area contributed by atoms with Crippen LogP contribution in [0.4, 0.5) is 5.82 Å². The van der Waals surface area contributed by atoms with Crippen LogP contribution in [0.3, 0.4) is 0 Å². The van der Waals surface area contributed by atoms with Gasteiger partial charge < -0.3 is 10.1 Å². The van der Waals surface area contributed by atoms with Crippen molar-refractivity contribution in [3.8, 4) is 0 Å². The van der Waals surface area contributed by atoms with Crippen molar-refractivity contribution in [3.63, 3.8) is 0 Å². The smallest absolute Gasteiger partial charge is 0.126 e. The van der Waals surface area contributed by atoms with Gasteiger partial charge >= 0.3 is 0 Å².